The number of nitrogens with zero attached hydrogens (tertiary/aromatic N) is 1. The average Bonchev–Trinajstić information content (AvgIpc) is 2.89. The lowest BCUT2D eigenvalue weighted by atomic mass is 10.2. The predicted molar refractivity (Wildman–Crippen MR) is 78.6 cm³/mol. The van der Waals surface area contributed by atoms with Crippen molar-refractivity contribution in [1.29, 1.82) is 0 Å². The molecule has 2 amide bonds. The van der Waals surface area contributed by atoms with Crippen molar-refractivity contribution >= 4 is 17.7 Å². The molecule has 1 fully saturated rings. The van der Waals surface area contributed by atoms with E-state index in [4.69, 9.17) is 9.47 Å². The number of ether oxygens (including phenoxy) is 2. The maximum absolute atomic E-state index is 11.8. The Morgan fingerprint density at radius 1 is 1.29 bits per heavy atom. The summed E-state index contributed by atoms with van der Waals surface area (Å²) in [5.74, 6) is -0.389. The number of carbonyl (C=O) groups is 2. The molecule has 0 spiro atoms. The molecule has 0 atom stereocenters. The molecule has 0 aliphatic carbocycles. The summed E-state index contributed by atoms with van der Waals surface area (Å²) in [6, 6.07) is 6.69. The maximum atomic E-state index is 11.8. The van der Waals surface area contributed by atoms with Crippen LogP contribution in [0.3, 0.4) is 0 Å². The van der Waals surface area contributed by atoms with E-state index in [9.17, 15) is 9.59 Å². The van der Waals surface area contributed by atoms with Crippen LogP contribution in [0.1, 0.15) is 24.2 Å². The summed E-state index contributed by atoms with van der Waals surface area (Å²) in [6.45, 7) is 5.74. The Hall–Kier alpha value is -2.08. The summed E-state index contributed by atoms with van der Waals surface area (Å²) in [5.41, 5.74) is 1.23. The van der Waals surface area contributed by atoms with E-state index in [0.29, 0.717) is 25.3 Å². The molecule has 2 rings (SSSR count). The third-order valence-electron chi connectivity index (χ3n) is 3.04. The van der Waals surface area contributed by atoms with E-state index in [1.807, 2.05) is 13.8 Å². The fourth-order valence-corrected chi connectivity index (χ4v) is 2.00. The van der Waals surface area contributed by atoms with Gasteiger partial charge in [-0.1, -0.05) is 0 Å². The van der Waals surface area contributed by atoms with Gasteiger partial charge < -0.3 is 14.8 Å². The highest BCUT2D eigenvalue weighted by Gasteiger charge is 2.21. The van der Waals surface area contributed by atoms with Gasteiger partial charge in [0.1, 0.15) is 6.61 Å². The van der Waals surface area contributed by atoms with E-state index in [-0.39, 0.29) is 24.7 Å². The minimum absolute atomic E-state index is 0.115. The summed E-state index contributed by atoms with van der Waals surface area (Å²) in [6.07, 6.45) is 0.120. The van der Waals surface area contributed by atoms with Crippen molar-refractivity contribution in [2.24, 2.45) is 0 Å². The lowest BCUT2D eigenvalue weighted by Crippen LogP contribution is -2.27. The quantitative estimate of drug-likeness (QED) is 0.641. The van der Waals surface area contributed by atoms with Gasteiger partial charge in [-0.2, -0.15) is 0 Å². The molecule has 21 heavy (non-hydrogen) atoms. The third-order valence-corrected chi connectivity index (χ3v) is 3.04. The minimum atomic E-state index is -0.389. The highest BCUT2D eigenvalue weighted by molar-refractivity contribution is 5.95. The van der Waals surface area contributed by atoms with Crippen LogP contribution in [0.15, 0.2) is 24.3 Å². The summed E-state index contributed by atoms with van der Waals surface area (Å²) >= 11 is 0. The van der Waals surface area contributed by atoms with Crippen molar-refractivity contribution in [2.75, 3.05) is 31.2 Å². The first-order valence-electron chi connectivity index (χ1n) is 7.02. The van der Waals surface area contributed by atoms with Crippen LogP contribution in [-0.2, 0) is 9.47 Å². The molecule has 1 aromatic carbocycles. The molecule has 1 aromatic rings. The second-order valence-corrected chi connectivity index (χ2v) is 4.99. The molecule has 0 aromatic heterocycles. The molecular weight excluding hydrogens is 272 g/mol. The van der Waals surface area contributed by atoms with E-state index in [2.05, 4.69) is 5.32 Å². The first kappa shape index (κ1) is 15.3. The van der Waals surface area contributed by atoms with Crippen LogP contribution in [0, 0.1) is 0 Å². The first-order valence-corrected chi connectivity index (χ1v) is 7.02. The van der Waals surface area contributed by atoms with Gasteiger partial charge in [-0.3, -0.25) is 4.90 Å². The molecule has 1 aliphatic rings. The molecular formula is C15H20N2O4. The molecule has 1 aliphatic heterocycles. The summed E-state index contributed by atoms with van der Waals surface area (Å²) in [4.78, 5) is 25.0. The second-order valence-electron chi connectivity index (χ2n) is 4.99. The zero-order valence-corrected chi connectivity index (χ0v) is 12.3. The van der Waals surface area contributed by atoms with Crippen LogP contribution >= 0.6 is 0 Å². The molecule has 1 heterocycles. The highest BCUT2D eigenvalue weighted by Crippen LogP contribution is 2.17. The van der Waals surface area contributed by atoms with Crippen molar-refractivity contribution in [1.82, 2.24) is 5.32 Å². The highest BCUT2D eigenvalue weighted by atomic mass is 16.6. The van der Waals surface area contributed by atoms with E-state index in [0.717, 1.165) is 5.69 Å². The van der Waals surface area contributed by atoms with Gasteiger partial charge >= 0.3 is 12.0 Å². The topological polar surface area (TPSA) is 67.9 Å². The normalized spacial score (nSPS) is 14.4. The number of hydrogen-bond donors (Lipinski definition) is 1. The first-order chi connectivity index (χ1) is 10.1. The Morgan fingerprint density at radius 2 is 2.00 bits per heavy atom. The smallest absolute Gasteiger partial charge is 0.338 e. The van der Waals surface area contributed by atoms with Gasteiger partial charge in [-0.25, -0.2) is 9.59 Å². The van der Waals surface area contributed by atoms with Crippen molar-refractivity contribution in [3.05, 3.63) is 29.8 Å². The van der Waals surface area contributed by atoms with Gasteiger partial charge in [-0.05, 0) is 38.1 Å². The number of hydrogen-bond acceptors (Lipinski definition) is 4. The number of esters is 1. The molecule has 0 saturated carbocycles. The van der Waals surface area contributed by atoms with E-state index in [1.165, 1.54) is 0 Å². The van der Waals surface area contributed by atoms with Gasteiger partial charge in [0.2, 0.25) is 0 Å². The Labute approximate surface area is 124 Å². The van der Waals surface area contributed by atoms with Crippen molar-refractivity contribution in [3.63, 3.8) is 0 Å². The average molecular weight is 292 g/mol. The molecule has 114 valence electrons. The van der Waals surface area contributed by atoms with Crippen molar-refractivity contribution in [3.8, 4) is 0 Å². The maximum Gasteiger partial charge on any atom is 0.338 e. The fraction of sp³-hybridized carbons (Fsp3) is 0.467. The van der Waals surface area contributed by atoms with Crippen LogP contribution in [0.5, 0.6) is 0 Å². The third kappa shape index (κ3) is 4.19. The predicted octanol–water partition coefficient (Wildman–Crippen LogP) is 1.80. The van der Waals surface area contributed by atoms with Gasteiger partial charge in [-0.15, -0.1) is 0 Å². The lowest BCUT2D eigenvalue weighted by molar-refractivity contribution is 0.0177. The molecule has 0 radical (unpaired) electrons. The van der Waals surface area contributed by atoms with Crippen LogP contribution in [-0.4, -0.2) is 44.4 Å². The lowest BCUT2D eigenvalue weighted by Gasteiger charge is -2.14. The number of carbonyl (C=O) groups excluding carboxylic acids is 2. The molecule has 6 nitrogen and oxygen atoms in total. The van der Waals surface area contributed by atoms with Crippen LogP contribution in [0.2, 0.25) is 0 Å². The number of nitrogens with one attached hydrogen (secondary N) is 1. The summed E-state index contributed by atoms with van der Waals surface area (Å²) < 4.78 is 10.4. The van der Waals surface area contributed by atoms with Gasteiger partial charge in [0, 0.05) is 18.8 Å². The zero-order valence-electron chi connectivity index (χ0n) is 12.3. The van der Waals surface area contributed by atoms with Gasteiger partial charge in [0.25, 0.3) is 0 Å². The van der Waals surface area contributed by atoms with Gasteiger partial charge in [0.15, 0.2) is 0 Å². The number of rotatable bonds is 6. The monoisotopic (exact) mass is 292 g/mol. The van der Waals surface area contributed by atoms with Crippen LogP contribution < -0.4 is 10.2 Å². The SMILES string of the molecule is CC(C)OCCOC(=O)c1ccc(N2CCNC2=O)cc1. The molecule has 1 saturated heterocycles. The largest absolute Gasteiger partial charge is 0.460 e. The van der Waals surface area contributed by atoms with E-state index >= 15 is 0 Å². The zero-order chi connectivity index (χ0) is 15.2. The Morgan fingerprint density at radius 3 is 2.57 bits per heavy atom. The fourth-order valence-electron chi connectivity index (χ4n) is 2.00. The van der Waals surface area contributed by atoms with E-state index in [1.54, 1.807) is 29.2 Å². The molecule has 1 N–H and O–H groups in total. The number of anilines is 1. The van der Waals surface area contributed by atoms with Crippen LogP contribution in [0.25, 0.3) is 0 Å². The Balaban J connectivity index is 1.86. The summed E-state index contributed by atoms with van der Waals surface area (Å²) in [7, 11) is 0. The second kappa shape index (κ2) is 7.08. The Bertz CT molecular complexity index is 499. The van der Waals surface area contributed by atoms with Crippen molar-refractivity contribution < 1.29 is 19.1 Å². The van der Waals surface area contributed by atoms with Crippen molar-refractivity contribution in [2.45, 2.75) is 20.0 Å². The number of urea groups is 1. The number of benzene rings is 1. The molecule has 0 unspecified atom stereocenters. The molecule has 6 heteroatoms. The van der Waals surface area contributed by atoms with E-state index < -0.39 is 0 Å². The van der Waals surface area contributed by atoms with Crippen LogP contribution in [0.4, 0.5) is 10.5 Å². The Kier molecular flexibility index (Phi) is 5.16. The van der Waals surface area contributed by atoms with Gasteiger partial charge in [0.05, 0.1) is 18.3 Å². The number of amides is 2. The standard InChI is InChI=1S/C15H20N2O4/c1-11(2)20-9-10-21-14(18)12-3-5-13(6-4-12)17-8-7-16-15(17)19/h3-6,11H,7-10H2,1-2H3,(H,16,19). The molecule has 0 bridgehead atoms. The summed E-state index contributed by atoms with van der Waals surface area (Å²) in [5, 5.41) is 2.73. The minimum Gasteiger partial charge on any atom is -0.460 e.